The lowest BCUT2D eigenvalue weighted by molar-refractivity contribution is 0.102. The smallest absolute Gasteiger partial charge is 0.255 e. The predicted octanol–water partition coefficient (Wildman–Crippen LogP) is 4.87. The Morgan fingerprint density at radius 1 is 1.12 bits per heavy atom. The van der Waals surface area contributed by atoms with Gasteiger partial charge in [-0.05, 0) is 56.2 Å². The first-order chi connectivity index (χ1) is 12.7. The number of amides is 1. The third-order valence-corrected chi connectivity index (χ3v) is 4.65. The van der Waals surface area contributed by atoms with Crippen molar-refractivity contribution in [1.82, 2.24) is 4.98 Å². The minimum absolute atomic E-state index is 0.138. The van der Waals surface area contributed by atoms with Crippen molar-refractivity contribution in [3.63, 3.8) is 0 Å². The first-order valence-corrected chi connectivity index (χ1v) is 9.51. The van der Waals surface area contributed by atoms with Crippen molar-refractivity contribution in [3.05, 3.63) is 48.2 Å². The van der Waals surface area contributed by atoms with Crippen LogP contribution in [0.5, 0.6) is 5.75 Å². The number of nitrogens with zero attached hydrogens (tertiary/aromatic N) is 1. The Hall–Kier alpha value is -2.56. The van der Waals surface area contributed by atoms with Gasteiger partial charge in [-0.2, -0.15) is 0 Å². The van der Waals surface area contributed by atoms with Gasteiger partial charge in [0.05, 0.1) is 6.61 Å². The number of nitrogens with one attached hydrogen (secondary N) is 2. The van der Waals surface area contributed by atoms with E-state index in [-0.39, 0.29) is 5.91 Å². The van der Waals surface area contributed by atoms with Crippen LogP contribution < -0.4 is 15.4 Å². The van der Waals surface area contributed by atoms with Gasteiger partial charge in [-0.15, -0.1) is 0 Å². The topological polar surface area (TPSA) is 63.2 Å². The number of rotatable bonds is 6. The van der Waals surface area contributed by atoms with E-state index in [1.807, 2.05) is 37.3 Å². The molecule has 1 heterocycles. The number of hydrogen-bond acceptors (Lipinski definition) is 4. The maximum atomic E-state index is 12.5. The number of benzene rings is 1. The SMILES string of the molecule is CCOc1ccc(NC(=O)c2ccnc(NC3CCCCCC3)c2)cc1. The van der Waals surface area contributed by atoms with Crippen LogP contribution in [0.15, 0.2) is 42.6 Å². The highest BCUT2D eigenvalue weighted by atomic mass is 16.5. The molecule has 5 heteroatoms. The number of ether oxygens (including phenoxy) is 1. The molecule has 1 aliphatic rings. The molecule has 0 radical (unpaired) electrons. The van der Waals surface area contributed by atoms with Gasteiger partial charge in [-0.3, -0.25) is 4.79 Å². The van der Waals surface area contributed by atoms with Crippen LogP contribution in [-0.2, 0) is 0 Å². The molecule has 26 heavy (non-hydrogen) atoms. The molecule has 0 unspecified atom stereocenters. The van der Waals surface area contributed by atoms with E-state index in [0.29, 0.717) is 18.2 Å². The van der Waals surface area contributed by atoms with Crippen LogP contribution in [0.3, 0.4) is 0 Å². The summed E-state index contributed by atoms with van der Waals surface area (Å²) in [5.74, 6) is 1.43. The molecule has 0 atom stereocenters. The minimum Gasteiger partial charge on any atom is -0.494 e. The predicted molar refractivity (Wildman–Crippen MR) is 105 cm³/mol. The Morgan fingerprint density at radius 3 is 2.54 bits per heavy atom. The van der Waals surface area contributed by atoms with Gasteiger partial charge in [0.1, 0.15) is 11.6 Å². The van der Waals surface area contributed by atoms with Crippen LogP contribution in [0.25, 0.3) is 0 Å². The van der Waals surface area contributed by atoms with E-state index in [4.69, 9.17) is 4.74 Å². The van der Waals surface area contributed by atoms with Crippen LogP contribution in [0, 0.1) is 0 Å². The van der Waals surface area contributed by atoms with Crippen LogP contribution in [-0.4, -0.2) is 23.5 Å². The number of pyridine rings is 1. The monoisotopic (exact) mass is 353 g/mol. The highest BCUT2D eigenvalue weighted by Crippen LogP contribution is 2.21. The lowest BCUT2D eigenvalue weighted by Gasteiger charge is -2.17. The minimum atomic E-state index is -0.138. The lowest BCUT2D eigenvalue weighted by atomic mass is 10.1. The third kappa shape index (κ3) is 5.22. The molecule has 2 N–H and O–H groups in total. The molecule has 5 nitrogen and oxygen atoms in total. The van der Waals surface area contributed by atoms with Gasteiger partial charge >= 0.3 is 0 Å². The Morgan fingerprint density at radius 2 is 1.85 bits per heavy atom. The molecule has 0 aliphatic heterocycles. The van der Waals surface area contributed by atoms with Crippen LogP contribution >= 0.6 is 0 Å². The van der Waals surface area contributed by atoms with Crippen molar-refractivity contribution in [2.45, 2.75) is 51.5 Å². The molecular weight excluding hydrogens is 326 g/mol. The molecule has 1 aromatic heterocycles. The van der Waals surface area contributed by atoms with E-state index >= 15 is 0 Å². The van der Waals surface area contributed by atoms with E-state index in [9.17, 15) is 4.79 Å². The maximum Gasteiger partial charge on any atom is 0.255 e. The fraction of sp³-hybridized carbons (Fsp3) is 0.429. The Kier molecular flexibility index (Phi) is 6.47. The average molecular weight is 353 g/mol. The Bertz CT molecular complexity index is 707. The number of hydrogen-bond donors (Lipinski definition) is 2. The van der Waals surface area contributed by atoms with E-state index in [2.05, 4.69) is 15.6 Å². The molecule has 1 fully saturated rings. The summed E-state index contributed by atoms with van der Waals surface area (Å²) >= 11 is 0. The fourth-order valence-electron chi connectivity index (χ4n) is 3.29. The molecule has 1 aliphatic carbocycles. The quantitative estimate of drug-likeness (QED) is 0.728. The van der Waals surface area contributed by atoms with E-state index in [1.54, 1.807) is 12.3 Å². The summed E-state index contributed by atoms with van der Waals surface area (Å²) in [5, 5.41) is 6.41. The zero-order valence-electron chi connectivity index (χ0n) is 15.3. The third-order valence-electron chi connectivity index (χ3n) is 4.65. The second kappa shape index (κ2) is 9.22. The highest BCUT2D eigenvalue weighted by Gasteiger charge is 2.14. The van der Waals surface area contributed by atoms with Crippen molar-refractivity contribution in [1.29, 1.82) is 0 Å². The molecule has 0 saturated heterocycles. The van der Waals surface area contributed by atoms with E-state index in [1.165, 1.54) is 38.5 Å². The van der Waals surface area contributed by atoms with Crippen LogP contribution in [0.1, 0.15) is 55.8 Å². The summed E-state index contributed by atoms with van der Waals surface area (Å²) in [4.78, 5) is 16.9. The summed E-state index contributed by atoms with van der Waals surface area (Å²) in [5.41, 5.74) is 1.35. The number of aromatic nitrogens is 1. The summed E-state index contributed by atoms with van der Waals surface area (Å²) < 4.78 is 5.42. The summed E-state index contributed by atoms with van der Waals surface area (Å²) in [6.07, 6.45) is 9.18. The first-order valence-electron chi connectivity index (χ1n) is 9.51. The van der Waals surface area contributed by atoms with Crippen molar-refractivity contribution >= 4 is 17.4 Å². The molecule has 138 valence electrons. The van der Waals surface area contributed by atoms with Crippen molar-refractivity contribution in [2.75, 3.05) is 17.2 Å². The Labute approximate surface area is 155 Å². The first kappa shape index (κ1) is 18.2. The standard InChI is InChI=1S/C21H27N3O2/c1-2-26-19-11-9-18(10-12-19)24-21(25)16-13-14-22-20(15-16)23-17-7-5-3-4-6-8-17/h9-15,17H,2-8H2,1H3,(H,22,23)(H,24,25). The molecule has 0 bridgehead atoms. The number of anilines is 2. The van der Waals surface area contributed by atoms with E-state index in [0.717, 1.165) is 17.3 Å². The summed E-state index contributed by atoms with van der Waals surface area (Å²) in [6.45, 7) is 2.57. The summed E-state index contributed by atoms with van der Waals surface area (Å²) in [6, 6.07) is 11.4. The zero-order valence-corrected chi connectivity index (χ0v) is 15.3. The molecule has 1 saturated carbocycles. The van der Waals surface area contributed by atoms with Crippen LogP contribution in [0.4, 0.5) is 11.5 Å². The molecule has 3 rings (SSSR count). The van der Waals surface area contributed by atoms with Gasteiger partial charge < -0.3 is 15.4 Å². The van der Waals surface area contributed by atoms with Gasteiger partial charge in [-0.25, -0.2) is 4.98 Å². The number of carbonyl (C=O) groups excluding carboxylic acids is 1. The van der Waals surface area contributed by atoms with Crippen LogP contribution in [0.2, 0.25) is 0 Å². The number of carbonyl (C=O) groups is 1. The molecule has 1 amide bonds. The zero-order chi connectivity index (χ0) is 18.2. The van der Waals surface area contributed by atoms with Gasteiger partial charge in [0, 0.05) is 23.5 Å². The van der Waals surface area contributed by atoms with Gasteiger partial charge in [0.25, 0.3) is 5.91 Å². The average Bonchev–Trinajstić information content (AvgIpc) is 2.92. The fourth-order valence-corrected chi connectivity index (χ4v) is 3.29. The molecule has 2 aromatic rings. The normalized spacial score (nSPS) is 15.1. The van der Waals surface area contributed by atoms with Crippen molar-refractivity contribution < 1.29 is 9.53 Å². The molecular formula is C21H27N3O2. The second-order valence-corrected chi connectivity index (χ2v) is 6.67. The lowest BCUT2D eigenvalue weighted by Crippen LogP contribution is -2.20. The largest absolute Gasteiger partial charge is 0.494 e. The summed E-state index contributed by atoms with van der Waals surface area (Å²) in [7, 11) is 0. The second-order valence-electron chi connectivity index (χ2n) is 6.67. The van der Waals surface area contributed by atoms with Gasteiger partial charge in [0.15, 0.2) is 0 Å². The maximum absolute atomic E-state index is 12.5. The van der Waals surface area contributed by atoms with Gasteiger partial charge in [-0.1, -0.05) is 25.7 Å². The highest BCUT2D eigenvalue weighted by molar-refractivity contribution is 6.04. The van der Waals surface area contributed by atoms with Crippen molar-refractivity contribution in [3.8, 4) is 5.75 Å². The van der Waals surface area contributed by atoms with E-state index < -0.39 is 0 Å². The Balaban J connectivity index is 1.62. The van der Waals surface area contributed by atoms with Gasteiger partial charge in [0.2, 0.25) is 0 Å². The molecule has 1 aromatic carbocycles. The van der Waals surface area contributed by atoms with Crippen molar-refractivity contribution in [2.24, 2.45) is 0 Å². The molecule has 0 spiro atoms.